The van der Waals surface area contributed by atoms with Crippen LogP contribution >= 0.6 is 35.0 Å². The summed E-state index contributed by atoms with van der Waals surface area (Å²) in [6.45, 7) is 0. The van der Waals surface area contributed by atoms with Crippen LogP contribution in [0.2, 0.25) is 10.0 Å². The fraction of sp³-hybridized carbons (Fsp3) is 0.0385. The Hall–Kier alpha value is -3.52. The van der Waals surface area contributed by atoms with Gasteiger partial charge in [-0.05, 0) is 59.5 Å². The monoisotopic (exact) mass is 520 g/mol. The van der Waals surface area contributed by atoms with E-state index in [1.54, 1.807) is 24.3 Å². The second-order valence-electron chi connectivity index (χ2n) is 7.68. The molecule has 6 nitrogen and oxygen atoms in total. The first kappa shape index (κ1) is 23.2. The molecule has 2 heterocycles. The lowest BCUT2D eigenvalue weighted by Crippen LogP contribution is -2.31. The third kappa shape index (κ3) is 5.12. The Morgan fingerprint density at radius 1 is 1.06 bits per heavy atom. The predicted octanol–water partition coefficient (Wildman–Crippen LogP) is 6.59. The van der Waals surface area contributed by atoms with Crippen molar-refractivity contribution in [3.8, 4) is 0 Å². The maximum Gasteiger partial charge on any atom is 0.283 e. The van der Waals surface area contributed by atoms with E-state index in [0.29, 0.717) is 32.2 Å². The summed E-state index contributed by atoms with van der Waals surface area (Å²) in [4.78, 5) is 35.1. The molecule has 0 saturated carbocycles. The number of aromatic nitrogens is 1. The fourth-order valence-corrected chi connectivity index (χ4v) is 4.89. The molecule has 3 aromatic carbocycles. The van der Waals surface area contributed by atoms with E-state index in [2.05, 4.69) is 15.3 Å². The molecular formula is C26H18Cl2N4O2S. The second kappa shape index (κ2) is 10.00. The van der Waals surface area contributed by atoms with E-state index in [9.17, 15) is 9.59 Å². The summed E-state index contributed by atoms with van der Waals surface area (Å²) in [6.07, 6.45) is 3.47. The molecule has 4 aromatic rings. The summed E-state index contributed by atoms with van der Waals surface area (Å²) in [5.74, 6) is -0.433. The molecule has 35 heavy (non-hydrogen) atoms. The van der Waals surface area contributed by atoms with Gasteiger partial charge in [0.15, 0.2) is 5.17 Å². The van der Waals surface area contributed by atoms with E-state index in [0.717, 1.165) is 10.9 Å². The van der Waals surface area contributed by atoms with Gasteiger partial charge in [-0.2, -0.15) is 0 Å². The molecule has 174 valence electrons. The number of aliphatic imine (C=N–C) groups is 1. The minimum absolute atomic E-state index is 0.0766. The summed E-state index contributed by atoms with van der Waals surface area (Å²) in [5.41, 5.74) is 3.13. The highest BCUT2D eigenvalue weighted by Crippen LogP contribution is 2.31. The zero-order valence-electron chi connectivity index (χ0n) is 18.2. The number of thioether (sulfide) groups is 1. The van der Waals surface area contributed by atoms with Gasteiger partial charge in [0.05, 0.1) is 11.4 Å². The SMILES string of the molecule is O=C(CSC1=N/C(=C\c2ccc(Cl)cc2Cl)C(=O)N1c1ccccc1)Nc1ccc2cc[nH]c2c1. The molecule has 1 aromatic heterocycles. The summed E-state index contributed by atoms with van der Waals surface area (Å²) < 4.78 is 0. The zero-order valence-corrected chi connectivity index (χ0v) is 20.5. The van der Waals surface area contributed by atoms with Crippen LogP contribution in [0.4, 0.5) is 11.4 Å². The predicted molar refractivity (Wildman–Crippen MR) is 145 cm³/mol. The van der Waals surface area contributed by atoms with Crippen LogP contribution in [0.3, 0.4) is 0 Å². The van der Waals surface area contributed by atoms with Crippen molar-refractivity contribution in [2.75, 3.05) is 16.0 Å². The van der Waals surface area contributed by atoms with Crippen LogP contribution in [0.5, 0.6) is 0 Å². The van der Waals surface area contributed by atoms with Crippen LogP contribution in [-0.2, 0) is 9.59 Å². The van der Waals surface area contributed by atoms with Gasteiger partial charge in [-0.1, -0.05) is 65.3 Å². The molecule has 5 rings (SSSR count). The quantitative estimate of drug-likeness (QED) is 0.291. The third-order valence-electron chi connectivity index (χ3n) is 5.27. The molecule has 0 fully saturated rings. The van der Waals surface area contributed by atoms with Crippen molar-refractivity contribution < 1.29 is 9.59 Å². The highest BCUT2D eigenvalue weighted by atomic mass is 35.5. The van der Waals surface area contributed by atoms with E-state index in [4.69, 9.17) is 23.2 Å². The number of carbonyl (C=O) groups excluding carboxylic acids is 2. The van der Waals surface area contributed by atoms with Gasteiger partial charge in [-0.25, -0.2) is 4.99 Å². The molecule has 0 atom stereocenters. The van der Waals surface area contributed by atoms with E-state index in [-0.39, 0.29) is 23.3 Å². The van der Waals surface area contributed by atoms with Crippen LogP contribution in [0, 0.1) is 0 Å². The minimum Gasteiger partial charge on any atom is -0.361 e. The summed E-state index contributed by atoms with van der Waals surface area (Å²) >= 11 is 13.5. The van der Waals surface area contributed by atoms with Crippen LogP contribution in [0.15, 0.2) is 89.7 Å². The molecule has 1 aliphatic heterocycles. The van der Waals surface area contributed by atoms with Crippen molar-refractivity contribution in [2.24, 2.45) is 4.99 Å². The number of amides is 2. The first-order chi connectivity index (χ1) is 17.0. The number of hydrogen-bond donors (Lipinski definition) is 2. The topological polar surface area (TPSA) is 77.6 Å². The number of aromatic amines is 1. The van der Waals surface area contributed by atoms with Crippen LogP contribution in [-0.4, -0.2) is 27.7 Å². The van der Waals surface area contributed by atoms with E-state index in [1.165, 1.54) is 16.7 Å². The molecule has 0 saturated heterocycles. The molecule has 0 spiro atoms. The molecule has 1 aliphatic rings. The lowest BCUT2D eigenvalue weighted by atomic mass is 10.2. The fourth-order valence-electron chi connectivity index (χ4n) is 3.62. The van der Waals surface area contributed by atoms with Gasteiger partial charge in [0.2, 0.25) is 5.91 Å². The number of benzene rings is 3. The van der Waals surface area contributed by atoms with Gasteiger partial charge >= 0.3 is 0 Å². The minimum atomic E-state index is -0.303. The summed E-state index contributed by atoms with van der Waals surface area (Å²) in [6, 6.07) is 21.8. The number of halogens is 2. The Morgan fingerprint density at radius 3 is 2.69 bits per heavy atom. The maximum atomic E-state index is 13.3. The van der Waals surface area contributed by atoms with Gasteiger partial charge in [-0.3, -0.25) is 14.5 Å². The van der Waals surface area contributed by atoms with Crippen LogP contribution in [0.1, 0.15) is 5.56 Å². The summed E-state index contributed by atoms with van der Waals surface area (Å²) in [7, 11) is 0. The van der Waals surface area contributed by atoms with E-state index < -0.39 is 0 Å². The molecule has 9 heteroatoms. The first-order valence-corrected chi connectivity index (χ1v) is 12.4. The maximum absolute atomic E-state index is 13.3. The average Bonchev–Trinajstić information content (AvgIpc) is 3.44. The highest BCUT2D eigenvalue weighted by Gasteiger charge is 2.32. The molecule has 2 N–H and O–H groups in total. The van der Waals surface area contributed by atoms with Crippen LogP contribution < -0.4 is 10.2 Å². The van der Waals surface area contributed by atoms with Crippen molar-refractivity contribution >= 4 is 80.3 Å². The molecule has 0 aliphatic carbocycles. The lowest BCUT2D eigenvalue weighted by molar-refractivity contribution is -0.114. The van der Waals surface area contributed by atoms with Gasteiger partial charge in [0.1, 0.15) is 5.70 Å². The van der Waals surface area contributed by atoms with Crippen LogP contribution in [0.25, 0.3) is 17.0 Å². The number of carbonyl (C=O) groups is 2. The van der Waals surface area contributed by atoms with Crippen molar-refractivity contribution in [1.29, 1.82) is 0 Å². The molecule has 2 amide bonds. The van der Waals surface area contributed by atoms with E-state index >= 15 is 0 Å². The second-order valence-corrected chi connectivity index (χ2v) is 9.47. The Kier molecular flexibility index (Phi) is 6.63. The largest absolute Gasteiger partial charge is 0.361 e. The zero-order chi connectivity index (χ0) is 24.4. The number of nitrogens with zero attached hydrogens (tertiary/aromatic N) is 2. The Labute approximate surface area is 215 Å². The van der Waals surface area contributed by atoms with Gasteiger partial charge in [-0.15, -0.1) is 0 Å². The number of para-hydroxylation sites is 1. The van der Waals surface area contributed by atoms with Gasteiger partial charge in [0.25, 0.3) is 5.91 Å². The smallest absolute Gasteiger partial charge is 0.283 e. The molecule has 0 unspecified atom stereocenters. The average molecular weight is 521 g/mol. The standard InChI is InChI=1S/C26H18Cl2N4O2S/c27-18-8-6-17(21(28)13-18)12-23-25(34)32(20-4-2-1-3-5-20)26(31-23)35-15-24(33)30-19-9-7-16-10-11-29-22(16)14-19/h1-14,29H,15H2,(H,30,33)/b23-12-. The van der Waals surface area contributed by atoms with Gasteiger partial charge < -0.3 is 10.3 Å². The number of hydrogen-bond acceptors (Lipinski definition) is 4. The number of fused-ring (bicyclic) bond motifs is 1. The first-order valence-electron chi connectivity index (χ1n) is 10.6. The third-order valence-corrected chi connectivity index (χ3v) is 6.77. The number of rotatable bonds is 5. The number of anilines is 2. The van der Waals surface area contributed by atoms with Crippen molar-refractivity contribution in [2.45, 2.75) is 0 Å². The summed E-state index contributed by atoms with van der Waals surface area (Å²) in [5, 5.41) is 5.29. The Bertz CT molecular complexity index is 1500. The molecule has 0 radical (unpaired) electrons. The van der Waals surface area contributed by atoms with Crippen molar-refractivity contribution in [3.05, 3.63) is 100 Å². The highest BCUT2D eigenvalue weighted by molar-refractivity contribution is 8.14. The van der Waals surface area contributed by atoms with E-state index in [1.807, 2.05) is 60.8 Å². The molecular weight excluding hydrogens is 503 g/mol. The lowest BCUT2D eigenvalue weighted by Gasteiger charge is -2.17. The number of amidine groups is 1. The number of nitrogens with one attached hydrogen (secondary N) is 2. The van der Waals surface area contributed by atoms with Crippen molar-refractivity contribution in [3.63, 3.8) is 0 Å². The van der Waals surface area contributed by atoms with Gasteiger partial charge in [0, 0.05) is 27.4 Å². The number of H-pyrrole nitrogens is 1. The normalized spacial score (nSPS) is 14.6. The van der Waals surface area contributed by atoms with Crippen molar-refractivity contribution in [1.82, 2.24) is 4.98 Å². The Morgan fingerprint density at radius 2 is 1.89 bits per heavy atom. The molecule has 0 bridgehead atoms. The Balaban J connectivity index is 1.37.